The first-order valence-electron chi connectivity index (χ1n) is 8.24. The zero-order valence-electron chi connectivity index (χ0n) is 13.6. The highest BCUT2D eigenvalue weighted by molar-refractivity contribution is 7.14. The molecule has 1 aliphatic rings. The van der Waals surface area contributed by atoms with E-state index in [1.165, 1.54) is 23.3 Å². The topological polar surface area (TPSA) is 57.2 Å². The minimum atomic E-state index is -0.122. The molecular formula is C19H19N3OS. The van der Waals surface area contributed by atoms with E-state index in [-0.39, 0.29) is 5.91 Å². The molecule has 0 fully saturated rings. The van der Waals surface area contributed by atoms with Gasteiger partial charge < -0.3 is 4.98 Å². The van der Waals surface area contributed by atoms with Crippen LogP contribution >= 0.6 is 11.3 Å². The summed E-state index contributed by atoms with van der Waals surface area (Å²) in [6.07, 6.45) is 6.37. The van der Waals surface area contributed by atoms with Gasteiger partial charge in [0, 0.05) is 27.0 Å². The molecule has 0 unspecified atom stereocenters. The maximum atomic E-state index is 12.3. The van der Waals surface area contributed by atoms with E-state index in [1.54, 1.807) is 17.6 Å². The molecule has 2 aromatic heterocycles. The molecule has 122 valence electrons. The van der Waals surface area contributed by atoms with Gasteiger partial charge in [0.1, 0.15) is 0 Å². The minimum absolute atomic E-state index is 0.122. The summed E-state index contributed by atoms with van der Waals surface area (Å²) in [5, 5.41) is 5.28. The number of H-pyrrole nitrogens is 1. The number of hydrazone groups is 1. The molecular weight excluding hydrogens is 318 g/mol. The van der Waals surface area contributed by atoms with Crippen LogP contribution in [-0.2, 0) is 12.8 Å². The van der Waals surface area contributed by atoms with E-state index in [9.17, 15) is 4.79 Å². The Morgan fingerprint density at radius 1 is 1.29 bits per heavy atom. The van der Waals surface area contributed by atoms with E-state index in [2.05, 4.69) is 21.6 Å². The van der Waals surface area contributed by atoms with Gasteiger partial charge in [0.25, 0.3) is 5.91 Å². The third kappa shape index (κ3) is 2.76. The van der Waals surface area contributed by atoms with Crippen molar-refractivity contribution in [3.8, 4) is 0 Å². The van der Waals surface area contributed by atoms with Crippen molar-refractivity contribution < 1.29 is 4.79 Å². The number of hydrogen-bond acceptors (Lipinski definition) is 3. The highest BCUT2D eigenvalue weighted by Crippen LogP contribution is 2.29. The van der Waals surface area contributed by atoms with Crippen molar-refractivity contribution in [2.24, 2.45) is 5.10 Å². The number of aromatic nitrogens is 1. The van der Waals surface area contributed by atoms with Crippen LogP contribution in [0.3, 0.4) is 0 Å². The lowest BCUT2D eigenvalue weighted by Gasteiger charge is -2.08. The van der Waals surface area contributed by atoms with E-state index in [0.717, 1.165) is 39.9 Å². The molecule has 0 aliphatic heterocycles. The summed E-state index contributed by atoms with van der Waals surface area (Å²) >= 11 is 1.60. The van der Waals surface area contributed by atoms with Crippen molar-refractivity contribution >= 4 is 34.4 Å². The molecule has 0 spiro atoms. The number of para-hydroxylation sites is 1. The van der Waals surface area contributed by atoms with Crippen LogP contribution in [0.25, 0.3) is 10.9 Å². The molecule has 4 nitrogen and oxygen atoms in total. The fraction of sp³-hybridized carbons (Fsp3) is 0.263. The summed E-state index contributed by atoms with van der Waals surface area (Å²) < 4.78 is 0. The van der Waals surface area contributed by atoms with Gasteiger partial charge in [-0.15, -0.1) is 11.3 Å². The van der Waals surface area contributed by atoms with Gasteiger partial charge in [0.2, 0.25) is 0 Å². The average molecular weight is 337 g/mol. The number of hydrogen-bond donors (Lipinski definition) is 2. The van der Waals surface area contributed by atoms with Crippen molar-refractivity contribution in [3.63, 3.8) is 0 Å². The van der Waals surface area contributed by atoms with Crippen molar-refractivity contribution in [2.75, 3.05) is 0 Å². The lowest BCUT2D eigenvalue weighted by molar-refractivity contribution is 0.0959. The van der Waals surface area contributed by atoms with Crippen LogP contribution in [0.15, 0.2) is 35.4 Å². The number of nitrogens with one attached hydrogen (secondary N) is 2. The molecule has 2 N–H and O–H groups in total. The second kappa shape index (κ2) is 6.24. The van der Waals surface area contributed by atoms with Gasteiger partial charge in [0.05, 0.1) is 11.1 Å². The van der Waals surface area contributed by atoms with Crippen LogP contribution in [0, 0.1) is 6.92 Å². The molecule has 1 aromatic carbocycles. The summed E-state index contributed by atoms with van der Waals surface area (Å²) in [4.78, 5) is 17.8. The molecule has 24 heavy (non-hydrogen) atoms. The van der Waals surface area contributed by atoms with E-state index in [0.29, 0.717) is 0 Å². The number of rotatable bonds is 3. The molecule has 0 saturated heterocycles. The quantitative estimate of drug-likeness (QED) is 0.547. The number of aromatic amines is 1. The third-order valence-electron chi connectivity index (χ3n) is 4.52. The van der Waals surface area contributed by atoms with Crippen LogP contribution in [-0.4, -0.2) is 17.1 Å². The first-order valence-corrected chi connectivity index (χ1v) is 9.06. The van der Waals surface area contributed by atoms with Crippen molar-refractivity contribution in [1.82, 2.24) is 10.4 Å². The van der Waals surface area contributed by atoms with Gasteiger partial charge in [-0.05, 0) is 50.3 Å². The summed E-state index contributed by atoms with van der Waals surface area (Å²) in [7, 11) is 0. The highest BCUT2D eigenvalue weighted by atomic mass is 32.1. The summed E-state index contributed by atoms with van der Waals surface area (Å²) in [6, 6.07) is 10.1. The van der Waals surface area contributed by atoms with Crippen LogP contribution in [0.4, 0.5) is 0 Å². The maximum Gasteiger partial charge on any atom is 0.281 e. The normalized spacial score (nSPS) is 14.2. The fourth-order valence-electron chi connectivity index (χ4n) is 3.28. The Balaban J connectivity index is 1.51. The molecule has 1 aliphatic carbocycles. The zero-order chi connectivity index (χ0) is 16.5. The number of carbonyl (C=O) groups excluding carboxylic acids is 1. The number of nitrogens with zero attached hydrogens (tertiary/aromatic N) is 1. The average Bonchev–Trinajstić information content (AvgIpc) is 3.16. The van der Waals surface area contributed by atoms with Gasteiger partial charge in [-0.2, -0.15) is 5.10 Å². The Morgan fingerprint density at radius 3 is 3.00 bits per heavy atom. The standard InChI is InChI=1S/C19H19N3OS/c1-12-15(14-7-3-4-8-16(14)21-12)11-20-22-19(23)18-10-13-6-2-5-9-17(13)24-18/h3-4,7-8,10-11,21H,2,5-6,9H2,1H3,(H,22,23). The number of fused-ring (bicyclic) bond motifs is 2. The second-order valence-corrected chi connectivity index (χ2v) is 7.31. The first-order chi connectivity index (χ1) is 11.7. The molecule has 2 heterocycles. The zero-order valence-corrected chi connectivity index (χ0v) is 14.4. The largest absolute Gasteiger partial charge is 0.358 e. The predicted octanol–water partition coefficient (Wildman–Crippen LogP) is 4.18. The lowest BCUT2D eigenvalue weighted by atomic mass is 9.99. The number of carbonyl (C=O) groups is 1. The van der Waals surface area contributed by atoms with Gasteiger partial charge >= 0.3 is 0 Å². The predicted molar refractivity (Wildman–Crippen MR) is 99.1 cm³/mol. The summed E-state index contributed by atoms with van der Waals surface area (Å²) in [5.74, 6) is -0.122. The molecule has 3 aromatic rings. The SMILES string of the molecule is Cc1[nH]c2ccccc2c1C=NNC(=O)c1cc2c(s1)CCCC2. The number of amides is 1. The number of benzene rings is 1. The molecule has 0 radical (unpaired) electrons. The lowest BCUT2D eigenvalue weighted by Crippen LogP contribution is -2.16. The van der Waals surface area contributed by atoms with Crippen molar-refractivity contribution in [2.45, 2.75) is 32.6 Å². The van der Waals surface area contributed by atoms with Crippen LogP contribution in [0.2, 0.25) is 0 Å². The molecule has 0 saturated carbocycles. The fourth-order valence-corrected chi connectivity index (χ4v) is 4.42. The Kier molecular flexibility index (Phi) is 3.94. The minimum Gasteiger partial charge on any atom is -0.358 e. The van der Waals surface area contributed by atoms with E-state index in [4.69, 9.17) is 0 Å². The molecule has 4 rings (SSSR count). The van der Waals surface area contributed by atoms with Crippen LogP contribution < -0.4 is 5.43 Å². The molecule has 1 amide bonds. The molecule has 0 atom stereocenters. The molecule has 0 bridgehead atoms. The van der Waals surface area contributed by atoms with Gasteiger partial charge in [-0.1, -0.05) is 18.2 Å². The van der Waals surface area contributed by atoms with Gasteiger partial charge in [-0.3, -0.25) is 4.79 Å². The second-order valence-electron chi connectivity index (χ2n) is 6.17. The highest BCUT2D eigenvalue weighted by Gasteiger charge is 2.16. The van der Waals surface area contributed by atoms with Crippen molar-refractivity contribution in [3.05, 3.63) is 56.9 Å². The summed E-state index contributed by atoms with van der Waals surface area (Å²) in [6.45, 7) is 2.01. The Hall–Kier alpha value is -2.40. The Bertz CT molecular complexity index is 912. The van der Waals surface area contributed by atoms with E-state index in [1.807, 2.05) is 31.2 Å². The smallest absolute Gasteiger partial charge is 0.281 e. The Labute approximate surface area is 144 Å². The number of thiophene rings is 1. The van der Waals surface area contributed by atoms with Crippen LogP contribution in [0.1, 0.15) is 44.2 Å². The van der Waals surface area contributed by atoms with Gasteiger partial charge in [-0.25, -0.2) is 5.43 Å². The van der Waals surface area contributed by atoms with Crippen molar-refractivity contribution in [1.29, 1.82) is 0 Å². The molecule has 5 heteroatoms. The van der Waals surface area contributed by atoms with E-state index >= 15 is 0 Å². The van der Waals surface area contributed by atoms with E-state index < -0.39 is 0 Å². The third-order valence-corrected chi connectivity index (χ3v) is 5.76. The van der Waals surface area contributed by atoms with Crippen LogP contribution in [0.5, 0.6) is 0 Å². The summed E-state index contributed by atoms with van der Waals surface area (Å²) in [5.41, 5.74) is 7.14. The first kappa shape index (κ1) is 15.1. The monoisotopic (exact) mass is 337 g/mol. The maximum absolute atomic E-state index is 12.3. The van der Waals surface area contributed by atoms with Gasteiger partial charge in [0.15, 0.2) is 0 Å². The Morgan fingerprint density at radius 2 is 2.12 bits per heavy atom. The number of aryl methyl sites for hydroxylation is 3.